The van der Waals surface area contributed by atoms with Crippen molar-refractivity contribution >= 4 is 11.6 Å². The van der Waals surface area contributed by atoms with Crippen LogP contribution in [-0.2, 0) is 14.3 Å². The van der Waals surface area contributed by atoms with Gasteiger partial charge < -0.3 is 4.74 Å². The van der Waals surface area contributed by atoms with E-state index in [1.807, 2.05) is 13.8 Å². The zero-order valence-electron chi connectivity index (χ0n) is 14.4. The van der Waals surface area contributed by atoms with E-state index in [1.54, 1.807) is 0 Å². The van der Waals surface area contributed by atoms with Crippen LogP contribution in [0.1, 0.15) is 53.9 Å². The lowest BCUT2D eigenvalue weighted by molar-refractivity contribution is -0.135. The largest absolute Gasteiger partial charge is 0.381 e. The van der Waals surface area contributed by atoms with Crippen LogP contribution in [-0.4, -0.2) is 24.8 Å². The second-order valence-electron chi connectivity index (χ2n) is 7.30. The third kappa shape index (κ3) is 3.25. The van der Waals surface area contributed by atoms with Crippen LogP contribution in [0.5, 0.6) is 0 Å². The molecule has 2 fully saturated rings. The molecule has 1 aliphatic heterocycles. The molecule has 3 nitrogen and oxygen atoms in total. The van der Waals surface area contributed by atoms with Gasteiger partial charge in [0, 0.05) is 26.1 Å². The molecule has 2 aliphatic rings. The second kappa shape index (κ2) is 6.56. The van der Waals surface area contributed by atoms with Crippen LogP contribution < -0.4 is 0 Å². The van der Waals surface area contributed by atoms with E-state index in [9.17, 15) is 9.59 Å². The molecule has 0 unspecified atom stereocenters. The zero-order chi connectivity index (χ0) is 16.6. The van der Waals surface area contributed by atoms with Crippen LogP contribution in [0.4, 0.5) is 0 Å². The molecule has 1 aromatic carbocycles. The molecular formula is C20H26O3. The van der Waals surface area contributed by atoms with Gasteiger partial charge in [-0.1, -0.05) is 17.7 Å². The normalized spacial score (nSPS) is 26.6. The van der Waals surface area contributed by atoms with Gasteiger partial charge in [0.05, 0.1) is 0 Å². The highest BCUT2D eigenvalue weighted by molar-refractivity contribution is 6.10. The summed E-state index contributed by atoms with van der Waals surface area (Å²) in [5, 5.41) is 0. The van der Waals surface area contributed by atoms with Gasteiger partial charge in [-0.05, 0) is 62.1 Å². The van der Waals surface area contributed by atoms with Gasteiger partial charge in [0.15, 0.2) is 0 Å². The Morgan fingerprint density at radius 3 is 1.91 bits per heavy atom. The van der Waals surface area contributed by atoms with E-state index >= 15 is 0 Å². The van der Waals surface area contributed by atoms with Crippen LogP contribution in [0, 0.1) is 32.6 Å². The molecule has 1 heterocycles. The van der Waals surface area contributed by atoms with Crippen molar-refractivity contribution in [3.63, 3.8) is 0 Å². The highest BCUT2D eigenvalue weighted by Gasteiger charge is 2.40. The van der Waals surface area contributed by atoms with Gasteiger partial charge in [-0.25, -0.2) is 0 Å². The fourth-order valence-electron chi connectivity index (χ4n) is 4.49. The molecule has 3 heteroatoms. The monoisotopic (exact) mass is 314 g/mol. The number of carbonyl (C=O) groups is 2. The zero-order valence-corrected chi connectivity index (χ0v) is 14.4. The first-order valence-corrected chi connectivity index (χ1v) is 8.68. The van der Waals surface area contributed by atoms with Crippen LogP contribution in [0.3, 0.4) is 0 Å². The van der Waals surface area contributed by atoms with Gasteiger partial charge in [-0.2, -0.15) is 0 Å². The lowest BCUT2D eigenvalue weighted by Gasteiger charge is -2.35. The highest BCUT2D eigenvalue weighted by Crippen LogP contribution is 2.39. The van der Waals surface area contributed by atoms with E-state index in [0.717, 1.165) is 42.7 Å². The molecule has 0 radical (unpaired) electrons. The Morgan fingerprint density at radius 2 is 1.39 bits per heavy atom. The summed E-state index contributed by atoms with van der Waals surface area (Å²) in [5.41, 5.74) is 4.27. The first kappa shape index (κ1) is 16.4. The first-order valence-electron chi connectivity index (χ1n) is 8.68. The van der Waals surface area contributed by atoms with Gasteiger partial charge >= 0.3 is 0 Å². The minimum absolute atomic E-state index is 0.118. The van der Waals surface area contributed by atoms with Crippen LogP contribution >= 0.6 is 0 Å². The van der Waals surface area contributed by atoms with Gasteiger partial charge in [-0.15, -0.1) is 0 Å². The van der Waals surface area contributed by atoms with E-state index in [0.29, 0.717) is 18.8 Å². The maximum absolute atomic E-state index is 12.8. The van der Waals surface area contributed by atoms with Crippen molar-refractivity contribution < 1.29 is 14.3 Å². The molecule has 1 saturated carbocycles. The molecule has 0 amide bonds. The van der Waals surface area contributed by atoms with E-state index in [2.05, 4.69) is 19.1 Å². The molecule has 3 rings (SSSR count). The number of ketones is 2. The molecule has 0 bridgehead atoms. The summed E-state index contributed by atoms with van der Waals surface area (Å²) in [6, 6.07) is 4.15. The molecule has 0 aromatic heterocycles. The minimum atomic E-state index is -0.535. The summed E-state index contributed by atoms with van der Waals surface area (Å²) < 4.78 is 5.41. The predicted octanol–water partition coefficient (Wildman–Crippen LogP) is 3.67. The number of aryl methyl sites for hydroxylation is 3. The summed E-state index contributed by atoms with van der Waals surface area (Å²) in [7, 11) is 0. The smallest absolute Gasteiger partial charge is 0.148 e. The molecule has 0 atom stereocenters. The van der Waals surface area contributed by atoms with E-state index < -0.39 is 5.92 Å². The highest BCUT2D eigenvalue weighted by atomic mass is 16.5. The molecule has 1 aromatic rings. The van der Waals surface area contributed by atoms with Crippen molar-refractivity contribution in [1.29, 1.82) is 0 Å². The van der Waals surface area contributed by atoms with Crippen LogP contribution in [0.25, 0.3) is 0 Å². The standard InChI is InChI=1S/C20H26O3/c1-12-8-13(2)19(14(3)9-12)20-17(21)10-16(11-18(20)22)15-4-6-23-7-5-15/h8-9,15-16,20H,4-7,10-11H2,1-3H3. The average molecular weight is 314 g/mol. The number of rotatable bonds is 2. The number of benzene rings is 1. The van der Waals surface area contributed by atoms with Crippen molar-refractivity contribution in [3.8, 4) is 0 Å². The Hall–Kier alpha value is -1.48. The fraction of sp³-hybridized carbons (Fsp3) is 0.600. The number of hydrogen-bond donors (Lipinski definition) is 0. The Labute approximate surface area is 138 Å². The first-order chi connectivity index (χ1) is 11.0. The van der Waals surface area contributed by atoms with Crippen molar-refractivity contribution in [2.24, 2.45) is 11.8 Å². The minimum Gasteiger partial charge on any atom is -0.381 e. The molecule has 0 spiro atoms. The van der Waals surface area contributed by atoms with Crippen LogP contribution in [0.15, 0.2) is 12.1 Å². The molecule has 124 valence electrons. The van der Waals surface area contributed by atoms with Gasteiger partial charge in [0.1, 0.15) is 17.5 Å². The summed E-state index contributed by atoms with van der Waals surface area (Å²) in [5.74, 6) is 0.395. The Kier molecular flexibility index (Phi) is 4.67. The SMILES string of the molecule is Cc1cc(C)c(C2C(=O)CC(C3CCOCC3)CC2=O)c(C)c1. The van der Waals surface area contributed by atoms with E-state index in [-0.39, 0.29) is 17.5 Å². The molecule has 1 aliphatic carbocycles. The fourth-order valence-corrected chi connectivity index (χ4v) is 4.49. The van der Waals surface area contributed by atoms with Crippen molar-refractivity contribution in [2.75, 3.05) is 13.2 Å². The number of hydrogen-bond acceptors (Lipinski definition) is 3. The number of Topliss-reactive ketones (excluding diaryl/α,β-unsaturated/α-hetero) is 2. The van der Waals surface area contributed by atoms with Crippen molar-refractivity contribution in [2.45, 2.75) is 52.4 Å². The molecular weight excluding hydrogens is 288 g/mol. The quantitative estimate of drug-likeness (QED) is 0.782. The third-order valence-corrected chi connectivity index (χ3v) is 5.53. The summed E-state index contributed by atoms with van der Waals surface area (Å²) in [4.78, 5) is 25.6. The molecule has 1 saturated heterocycles. The lowest BCUT2D eigenvalue weighted by Crippen LogP contribution is -2.37. The maximum atomic E-state index is 12.8. The van der Waals surface area contributed by atoms with E-state index in [1.165, 1.54) is 5.56 Å². The van der Waals surface area contributed by atoms with Crippen molar-refractivity contribution in [3.05, 3.63) is 34.4 Å². The van der Waals surface area contributed by atoms with Crippen molar-refractivity contribution in [1.82, 2.24) is 0 Å². The van der Waals surface area contributed by atoms with Gasteiger partial charge in [-0.3, -0.25) is 9.59 Å². The summed E-state index contributed by atoms with van der Waals surface area (Å²) >= 11 is 0. The predicted molar refractivity (Wildman–Crippen MR) is 89.7 cm³/mol. The second-order valence-corrected chi connectivity index (χ2v) is 7.30. The maximum Gasteiger partial charge on any atom is 0.148 e. The Bertz CT molecular complexity index is 585. The summed E-state index contributed by atoms with van der Waals surface area (Å²) in [6.07, 6.45) is 3.07. The summed E-state index contributed by atoms with van der Waals surface area (Å²) in [6.45, 7) is 7.61. The lowest BCUT2D eigenvalue weighted by atomic mass is 9.69. The third-order valence-electron chi connectivity index (χ3n) is 5.53. The Morgan fingerprint density at radius 1 is 0.870 bits per heavy atom. The Balaban J connectivity index is 1.84. The van der Waals surface area contributed by atoms with E-state index in [4.69, 9.17) is 4.74 Å². The van der Waals surface area contributed by atoms with Gasteiger partial charge in [0.25, 0.3) is 0 Å². The number of ether oxygens (including phenoxy) is 1. The van der Waals surface area contributed by atoms with Gasteiger partial charge in [0.2, 0.25) is 0 Å². The topological polar surface area (TPSA) is 43.4 Å². The van der Waals surface area contributed by atoms with Crippen LogP contribution in [0.2, 0.25) is 0 Å². The molecule has 23 heavy (non-hydrogen) atoms. The average Bonchev–Trinajstić information content (AvgIpc) is 2.49. The number of carbonyl (C=O) groups excluding carboxylic acids is 2. The molecule has 0 N–H and O–H groups in total.